The van der Waals surface area contributed by atoms with Crippen LogP contribution in [0.4, 0.5) is 11.4 Å². The molecule has 0 aliphatic rings. The molecule has 5 nitrogen and oxygen atoms in total. The number of amides is 2. The number of carbonyl (C=O) groups is 2. The lowest BCUT2D eigenvalue weighted by atomic mass is 10.2. The molecule has 7 heteroatoms. The van der Waals surface area contributed by atoms with Crippen LogP contribution in [0.15, 0.2) is 48.5 Å². The molecule has 0 radical (unpaired) electrons. The Bertz CT molecular complexity index is 778. The van der Waals surface area contributed by atoms with Gasteiger partial charge < -0.3 is 10.6 Å². The van der Waals surface area contributed by atoms with E-state index < -0.39 is 0 Å². The van der Waals surface area contributed by atoms with Crippen LogP contribution < -0.4 is 16.0 Å². The smallest absolute Gasteiger partial charge is 0.257 e. The number of hydrogen-bond donors (Lipinski definition) is 3. The van der Waals surface area contributed by atoms with Gasteiger partial charge in [0, 0.05) is 28.4 Å². The molecule has 0 aromatic heterocycles. The number of benzene rings is 2. The van der Waals surface area contributed by atoms with E-state index >= 15 is 0 Å². The number of halogens is 1. The molecule has 2 aromatic rings. The molecule has 2 amide bonds. The fourth-order valence-electron chi connectivity index (χ4n) is 2.05. The molecule has 2 rings (SSSR count). The molecule has 0 bridgehead atoms. The Kier molecular flexibility index (Phi) is 6.91. The Labute approximate surface area is 156 Å². The van der Waals surface area contributed by atoms with Gasteiger partial charge in [-0.15, -0.1) is 0 Å². The Hall–Kier alpha value is -2.44. The number of thiocarbonyl (C=S) groups is 1. The summed E-state index contributed by atoms with van der Waals surface area (Å²) in [6.07, 6.45) is 1.28. The van der Waals surface area contributed by atoms with E-state index in [4.69, 9.17) is 23.8 Å². The molecule has 0 saturated heterocycles. The predicted octanol–water partition coefficient (Wildman–Crippen LogP) is 4.21. The van der Waals surface area contributed by atoms with Gasteiger partial charge in [0.25, 0.3) is 5.91 Å². The molecule has 25 heavy (non-hydrogen) atoms. The summed E-state index contributed by atoms with van der Waals surface area (Å²) >= 11 is 11.0. The second-order valence-electron chi connectivity index (χ2n) is 5.29. The summed E-state index contributed by atoms with van der Waals surface area (Å²) in [5.41, 5.74) is 1.83. The maximum absolute atomic E-state index is 12.1. The zero-order valence-corrected chi connectivity index (χ0v) is 15.2. The predicted molar refractivity (Wildman–Crippen MR) is 105 cm³/mol. The molecule has 0 heterocycles. The van der Waals surface area contributed by atoms with Crippen LogP contribution >= 0.6 is 23.8 Å². The summed E-state index contributed by atoms with van der Waals surface area (Å²) in [7, 11) is 0. The van der Waals surface area contributed by atoms with Gasteiger partial charge in [-0.3, -0.25) is 14.9 Å². The first-order valence-corrected chi connectivity index (χ1v) is 8.54. The van der Waals surface area contributed by atoms with Crippen molar-refractivity contribution in [1.29, 1.82) is 0 Å². The minimum Gasteiger partial charge on any atom is -0.332 e. The summed E-state index contributed by atoms with van der Waals surface area (Å²) in [5, 5.41) is 8.96. The van der Waals surface area contributed by atoms with Crippen molar-refractivity contribution in [3.8, 4) is 0 Å². The molecular formula is C18H18ClN3O2S. The van der Waals surface area contributed by atoms with Crippen molar-refractivity contribution < 1.29 is 9.59 Å². The highest BCUT2D eigenvalue weighted by Gasteiger charge is 2.08. The highest BCUT2D eigenvalue weighted by atomic mass is 35.5. The molecular weight excluding hydrogens is 358 g/mol. The molecule has 0 unspecified atom stereocenters. The van der Waals surface area contributed by atoms with Crippen LogP contribution in [0.3, 0.4) is 0 Å². The third-order valence-electron chi connectivity index (χ3n) is 3.22. The first-order valence-electron chi connectivity index (χ1n) is 7.75. The Morgan fingerprint density at radius 3 is 2.28 bits per heavy atom. The molecule has 0 aliphatic carbocycles. The second-order valence-corrected chi connectivity index (χ2v) is 6.14. The Morgan fingerprint density at radius 2 is 1.68 bits per heavy atom. The van der Waals surface area contributed by atoms with E-state index in [1.165, 1.54) is 0 Å². The van der Waals surface area contributed by atoms with E-state index in [-0.39, 0.29) is 16.9 Å². The SMILES string of the molecule is CCCC(=O)Nc1ccc(NC(=S)NC(=O)c2cccc(Cl)c2)cc1. The van der Waals surface area contributed by atoms with Crippen molar-refractivity contribution in [2.24, 2.45) is 0 Å². The van der Waals surface area contributed by atoms with Gasteiger partial charge in [0.2, 0.25) is 5.91 Å². The van der Waals surface area contributed by atoms with Gasteiger partial charge in [-0.25, -0.2) is 0 Å². The van der Waals surface area contributed by atoms with Gasteiger partial charge in [0.05, 0.1) is 0 Å². The van der Waals surface area contributed by atoms with E-state index in [0.717, 1.165) is 6.42 Å². The van der Waals surface area contributed by atoms with Gasteiger partial charge in [-0.05, 0) is 61.1 Å². The van der Waals surface area contributed by atoms with E-state index in [9.17, 15) is 9.59 Å². The molecule has 0 atom stereocenters. The van der Waals surface area contributed by atoms with E-state index in [0.29, 0.717) is 28.4 Å². The molecule has 2 aromatic carbocycles. The van der Waals surface area contributed by atoms with Crippen LogP contribution in [0.2, 0.25) is 5.02 Å². The highest BCUT2D eigenvalue weighted by Crippen LogP contribution is 2.14. The third kappa shape index (κ3) is 6.17. The summed E-state index contributed by atoms with van der Waals surface area (Å²) in [4.78, 5) is 23.6. The largest absolute Gasteiger partial charge is 0.332 e. The maximum Gasteiger partial charge on any atom is 0.257 e. The topological polar surface area (TPSA) is 70.2 Å². The first kappa shape index (κ1) is 18.9. The summed E-state index contributed by atoms with van der Waals surface area (Å²) < 4.78 is 0. The minimum absolute atomic E-state index is 0.0208. The van der Waals surface area contributed by atoms with Gasteiger partial charge in [-0.1, -0.05) is 24.6 Å². The van der Waals surface area contributed by atoms with Crippen molar-refractivity contribution in [3.63, 3.8) is 0 Å². The molecule has 130 valence electrons. The van der Waals surface area contributed by atoms with Crippen LogP contribution in [0, 0.1) is 0 Å². The molecule has 3 N–H and O–H groups in total. The van der Waals surface area contributed by atoms with Gasteiger partial charge in [0.15, 0.2) is 5.11 Å². The fourth-order valence-corrected chi connectivity index (χ4v) is 2.46. The van der Waals surface area contributed by atoms with Gasteiger partial charge >= 0.3 is 0 Å². The van der Waals surface area contributed by atoms with Crippen LogP contribution in [-0.4, -0.2) is 16.9 Å². The van der Waals surface area contributed by atoms with Crippen LogP contribution in [-0.2, 0) is 4.79 Å². The standard InChI is InChI=1S/C18H18ClN3O2S/c1-2-4-16(23)20-14-7-9-15(10-8-14)21-18(25)22-17(24)12-5-3-6-13(19)11-12/h3,5-11H,2,4H2,1H3,(H,20,23)(H2,21,22,24,25). The quantitative estimate of drug-likeness (QED) is 0.685. The molecule has 0 fully saturated rings. The zero-order valence-electron chi connectivity index (χ0n) is 13.6. The zero-order chi connectivity index (χ0) is 18.2. The maximum atomic E-state index is 12.1. The molecule has 0 aliphatic heterocycles. The van der Waals surface area contributed by atoms with Gasteiger partial charge in [-0.2, -0.15) is 0 Å². The lowest BCUT2D eigenvalue weighted by molar-refractivity contribution is -0.116. The van der Waals surface area contributed by atoms with E-state index in [2.05, 4.69) is 16.0 Å². The Morgan fingerprint density at radius 1 is 1.04 bits per heavy atom. The molecule has 0 saturated carbocycles. The fraction of sp³-hybridized carbons (Fsp3) is 0.167. The Balaban J connectivity index is 1.90. The number of anilines is 2. The van der Waals surface area contributed by atoms with Crippen LogP contribution in [0.5, 0.6) is 0 Å². The third-order valence-corrected chi connectivity index (χ3v) is 3.66. The van der Waals surface area contributed by atoms with Gasteiger partial charge in [0.1, 0.15) is 0 Å². The van der Waals surface area contributed by atoms with Crippen LogP contribution in [0.25, 0.3) is 0 Å². The second kappa shape index (κ2) is 9.15. The van der Waals surface area contributed by atoms with E-state index in [1.807, 2.05) is 6.92 Å². The van der Waals surface area contributed by atoms with Crippen molar-refractivity contribution in [2.75, 3.05) is 10.6 Å². The monoisotopic (exact) mass is 375 g/mol. The minimum atomic E-state index is -0.344. The van der Waals surface area contributed by atoms with E-state index in [1.54, 1.807) is 48.5 Å². The lowest BCUT2D eigenvalue weighted by Gasteiger charge is -2.11. The number of rotatable bonds is 5. The summed E-state index contributed by atoms with van der Waals surface area (Å²) in [6.45, 7) is 1.95. The van der Waals surface area contributed by atoms with Crippen molar-refractivity contribution in [3.05, 3.63) is 59.1 Å². The van der Waals surface area contributed by atoms with Crippen LogP contribution in [0.1, 0.15) is 30.1 Å². The summed E-state index contributed by atoms with van der Waals surface area (Å²) in [6, 6.07) is 13.6. The summed E-state index contributed by atoms with van der Waals surface area (Å²) in [5.74, 6) is -0.365. The average Bonchev–Trinajstić information content (AvgIpc) is 2.56. The highest BCUT2D eigenvalue weighted by molar-refractivity contribution is 7.80. The first-order chi connectivity index (χ1) is 12.0. The number of carbonyl (C=O) groups excluding carboxylic acids is 2. The average molecular weight is 376 g/mol. The van der Waals surface area contributed by atoms with Crippen molar-refractivity contribution >= 4 is 52.1 Å². The number of hydrogen-bond acceptors (Lipinski definition) is 3. The number of nitrogens with one attached hydrogen (secondary N) is 3. The van der Waals surface area contributed by atoms with Crippen molar-refractivity contribution in [2.45, 2.75) is 19.8 Å². The normalized spacial score (nSPS) is 10.0. The molecule has 0 spiro atoms. The lowest BCUT2D eigenvalue weighted by Crippen LogP contribution is -2.34. The van der Waals surface area contributed by atoms with Crippen molar-refractivity contribution in [1.82, 2.24) is 5.32 Å².